The van der Waals surface area contributed by atoms with E-state index in [0.717, 1.165) is 23.1 Å². The highest BCUT2D eigenvalue weighted by Gasteiger charge is 2.70. The average molecular weight is 1310 g/mol. The van der Waals surface area contributed by atoms with E-state index in [-0.39, 0.29) is 93.1 Å². The van der Waals surface area contributed by atoms with Gasteiger partial charge in [0.25, 0.3) is 11.2 Å². The highest BCUT2D eigenvalue weighted by atomic mass is 35.5. The summed E-state index contributed by atoms with van der Waals surface area (Å²) >= 11 is 5.71. The van der Waals surface area contributed by atoms with Crippen molar-refractivity contribution < 1.29 is 86.7 Å². The normalized spacial score (nSPS) is 11.7. The standard InChI is InChI=1S/C21H14F8N6O3.C17H10ClF2N5O2.C17H11F2N5O3/c22-11-2-1-3-16(36)10(11)8-35-15(13-4-5-38-34-13)6-14(33-35)18-30-7-12(23)17(32-18)31-9-19(37,20(24,25)26)21(27,28)29;18-16-11(20)7-21-17(22-16)13-6-14(12-4-5-27-24-12)25(23-13)8-9-10(19)2-1-3-15(9)26;18-10-2-1-3-15(25)9(10)8-24-14(12-4-5-27-23-12)6-13(22-24)16-20-7-11(19)17(26)21-16/h1-7,36-37H,8-9H2,(H,30,31,32);1-7,26H,8H2;1-7,25H,8H2,(H,20,21,26). The Balaban J connectivity index is 0.000000154. The Morgan fingerprint density at radius 2 is 0.891 bits per heavy atom. The van der Waals surface area contributed by atoms with Crippen LogP contribution in [0.15, 0.2) is 147 Å². The Kier molecular flexibility index (Phi) is 17.9. The topological polar surface area (TPSA) is 322 Å². The number of alkyl halides is 6. The summed E-state index contributed by atoms with van der Waals surface area (Å²) < 4.78 is 179. The van der Waals surface area contributed by atoms with Crippen molar-refractivity contribution in [2.45, 2.75) is 37.6 Å². The lowest BCUT2D eigenvalue weighted by molar-refractivity contribution is -0.362. The molecule has 9 heterocycles. The van der Waals surface area contributed by atoms with E-state index in [2.05, 4.69) is 60.7 Å². The average Bonchev–Trinajstić information content (AvgIpc) is 0.860. The van der Waals surface area contributed by atoms with Gasteiger partial charge in [0.15, 0.2) is 40.1 Å². The second-order valence-electron chi connectivity index (χ2n) is 18.9. The van der Waals surface area contributed by atoms with Crippen LogP contribution in [0, 0.1) is 34.9 Å². The largest absolute Gasteiger partial charge is 0.507 e. The molecule has 474 valence electrons. The van der Waals surface area contributed by atoms with Crippen molar-refractivity contribution in [1.82, 2.24) is 74.7 Å². The Hall–Kier alpha value is -11.4. The number of rotatable bonds is 15. The van der Waals surface area contributed by atoms with Gasteiger partial charge in [-0.3, -0.25) is 18.8 Å². The third-order valence-electron chi connectivity index (χ3n) is 13.0. The summed E-state index contributed by atoms with van der Waals surface area (Å²) in [5.74, 6) is -7.45. The molecule has 6 N–H and O–H groups in total. The molecule has 92 heavy (non-hydrogen) atoms. The highest BCUT2D eigenvalue weighted by Crippen LogP contribution is 2.43. The summed E-state index contributed by atoms with van der Waals surface area (Å²) in [6.07, 6.45) is -6.19. The number of aromatic nitrogens is 15. The smallest absolute Gasteiger partial charge is 0.428 e. The second kappa shape index (κ2) is 26.0. The zero-order valence-electron chi connectivity index (χ0n) is 45.5. The Labute approximate surface area is 508 Å². The molecule has 0 saturated heterocycles. The molecule has 0 amide bonds. The van der Waals surface area contributed by atoms with E-state index in [9.17, 15) is 77.9 Å². The minimum atomic E-state index is -6.14. The number of nitrogens with zero attached hydrogens (tertiary/aromatic N) is 14. The number of halogens is 13. The van der Waals surface area contributed by atoms with Crippen LogP contribution < -0.4 is 10.9 Å². The van der Waals surface area contributed by atoms with Crippen LogP contribution in [-0.4, -0.2) is 120 Å². The van der Waals surface area contributed by atoms with E-state index < -0.39 is 82.4 Å². The van der Waals surface area contributed by atoms with Gasteiger partial charge in [-0.05, 0) is 54.6 Å². The molecule has 9 aromatic heterocycles. The number of hydrogen-bond acceptors (Lipinski definition) is 20. The Bertz CT molecular complexity index is 4560. The van der Waals surface area contributed by atoms with Crippen LogP contribution in [0.2, 0.25) is 5.15 Å². The summed E-state index contributed by atoms with van der Waals surface area (Å²) in [5, 5.41) is 64.6. The van der Waals surface area contributed by atoms with Gasteiger partial charge in [0, 0.05) is 18.2 Å². The Morgan fingerprint density at radius 1 is 0.500 bits per heavy atom. The summed E-state index contributed by atoms with van der Waals surface area (Å²) in [7, 11) is 0. The van der Waals surface area contributed by atoms with Gasteiger partial charge in [0.2, 0.25) is 5.82 Å². The van der Waals surface area contributed by atoms with E-state index in [1.54, 1.807) is 18.2 Å². The van der Waals surface area contributed by atoms with E-state index >= 15 is 0 Å². The van der Waals surface area contributed by atoms with Gasteiger partial charge in [0.1, 0.15) is 87.7 Å². The molecule has 0 saturated carbocycles. The number of aromatic amines is 1. The molecule has 0 bridgehead atoms. The summed E-state index contributed by atoms with van der Waals surface area (Å²) in [6.45, 7) is -2.78. The fourth-order valence-corrected chi connectivity index (χ4v) is 8.45. The maximum Gasteiger partial charge on any atom is 0.428 e. The number of phenolic OH excluding ortho intramolecular Hbond substituents is 3. The molecule has 12 aromatic rings. The number of H-pyrrole nitrogens is 1. The van der Waals surface area contributed by atoms with Crippen LogP contribution in [0.5, 0.6) is 17.2 Å². The van der Waals surface area contributed by atoms with Crippen molar-refractivity contribution in [3.05, 3.63) is 195 Å². The van der Waals surface area contributed by atoms with Gasteiger partial charge in [0.05, 0.1) is 78.5 Å². The quantitative estimate of drug-likeness (QED) is 0.0410. The minimum Gasteiger partial charge on any atom is -0.507 e. The molecule has 0 aliphatic rings. The second-order valence-corrected chi connectivity index (χ2v) is 19.3. The summed E-state index contributed by atoms with van der Waals surface area (Å²) in [4.78, 5) is 32.6. The molecule has 37 heteroatoms. The number of nitrogens with one attached hydrogen (secondary N) is 2. The number of aliphatic hydroxyl groups is 1. The Morgan fingerprint density at radius 3 is 1.27 bits per heavy atom. The molecule has 0 radical (unpaired) electrons. The SMILES string of the molecule is O=c1[nH]c(-c2cc(-c3ccon3)n(Cc3c(O)cccc3F)n2)ncc1F.Oc1cccc(F)c1Cn1nc(-c2ncc(F)c(Cl)n2)cc1-c1ccon1.Oc1cccc(F)c1Cn1nc(-c2ncc(F)c(NCC(O)(C(F)(F)F)C(F)(F)F)n2)cc1-c1ccon1. The van der Waals surface area contributed by atoms with Gasteiger partial charge in [-0.25, -0.2) is 46.9 Å². The molecular weight excluding hydrogens is 1280 g/mol. The zero-order valence-corrected chi connectivity index (χ0v) is 46.3. The van der Waals surface area contributed by atoms with Crippen molar-refractivity contribution in [2.24, 2.45) is 0 Å². The van der Waals surface area contributed by atoms with Gasteiger partial charge in [-0.2, -0.15) is 46.0 Å². The van der Waals surface area contributed by atoms with Crippen molar-refractivity contribution in [2.75, 3.05) is 11.9 Å². The monoisotopic (exact) mass is 1310 g/mol. The third kappa shape index (κ3) is 13.6. The number of aromatic hydroxyl groups is 3. The van der Waals surface area contributed by atoms with Gasteiger partial charge in [-0.15, -0.1) is 0 Å². The molecule has 0 unspecified atom stereocenters. The lowest BCUT2D eigenvalue weighted by Crippen LogP contribution is -2.61. The lowest BCUT2D eigenvalue weighted by Gasteiger charge is -2.32. The predicted octanol–water partition coefficient (Wildman–Crippen LogP) is 10.3. The van der Waals surface area contributed by atoms with Crippen LogP contribution in [0.1, 0.15) is 16.7 Å². The first-order valence-corrected chi connectivity index (χ1v) is 26.1. The molecular formula is C55H35ClF12N16O8. The van der Waals surface area contributed by atoms with Crippen LogP contribution in [0.25, 0.3) is 68.7 Å². The zero-order chi connectivity index (χ0) is 65.8. The molecule has 0 spiro atoms. The van der Waals surface area contributed by atoms with E-state index in [0.29, 0.717) is 29.0 Å². The van der Waals surface area contributed by atoms with E-state index in [1.807, 2.05) is 0 Å². The highest BCUT2D eigenvalue weighted by molar-refractivity contribution is 6.29. The van der Waals surface area contributed by atoms with E-state index in [4.69, 9.17) is 25.2 Å². The first-order chi connectivity index (χ1) is 43.8. The molecule has 0 aliphatic carbocycles. The van der Waals surface area contributed by atoms with Crippen molar-refractivity contribution in [3.8, 4) is 86.0 Å². The molecule has 0 atom stereocenters. The first-order valence-electron chi connectivity index (χ1n) is 25.7. The lowest BCUT2D eigenvalue weighted by atomic mass is 10.0. The molecule has 0 aliphatic heterocycles. The number of phenols is 3. The molecule has 0 fully saturated rings. The maximum absolute atomic E-state index is 14.3. The van der Waals surface area contributed by atoms with Gasteiger partial charge >= 0.3 is 12.4 Å². The van der Waals surface area contributed by atoms with Crippen LogP contribution in [-0.2, 0) is 19.6 Å². The summed E-state index contributed by atoms with van der Waals surface area (Å²) in [5.41, 5.74) is -3.91. The molecule has 24 nitrogen and oxygen atoms in total. The molecule has 3 aromatic carbocycles. The third-order valence-corrected chi connectivity index (χ3v) is 13.3. The minimum absolute atomic E-state index is 0.0254. The predicted molar refractivity (Wildman–Crippen MR) is 291 cm³/mol. The number of benzene rings is 3. The van der Waals surface area contributed by atoms with Crippen LogP contribution in [0.3, 0.4) is 0 Å². The number of hydrogen-bond donors (Lipinski definition) is 6. The van der Waals surface area contributed by atoms with Crippen molar-refractivity contribution in [3.63, 3.8) is 0 Å². The van der Waals surface area contributed by atoms with Crippen molar-refractivity contribution >= 4 is 17.4 Å². The maximum atomic E-state index is 14.3. The fraction of sp³-hybridized carbons (Fsp3) is 0.127. The van der Waals surface area contributed by atoms with E-state index in [1.165, 1.54) is 100 Å². The van der Waals surface area contributed by atoms with Crippen molar-refractivity contribution in [1.29, 1.82) is 0 Å². The van der Waals surface area contributed by atoms with Gasteiger partial charge < -0.3 is 44.3 Å². The fourth-order valence-electron chi connectivity index (χ4n) is 8.33. The van der Waals surface area contributed by atoms with Gasteiger partial charge in [-0.1, -0.05) is 45.3 Å². The number of anilines is 1. The van der Waals surface area contributed by atoms with Crippen LogP contribution >= 0.6 is 11.6 Å². The van der Waals surface area contributed by atoms with Crippen LogP contribution in [0.4, 0.5) is 58.5 Å². The summed E-state index contributed by atoms with van der Waals surface area (Å²) in [6, 6.07) is 20.5. The first kappa shape index (κ1) is 63.6. The molecule has 12 rings (SSSR count).